The summed E-state index contributed by atoms with van der Waals surface area (Å²) in [5, 5.41) is 5.74. The Kier molecular flexibility index (Phi) is 7.14. The number of guanidine groups is 1. The number of nitrogens with one attached hydrogen (secondary N) is 2. The van der Waals surface area contributed by atoms with Gasteiger partial charge in [-0.05, 0) is 25.2 Å². The lowest BCUT2D eigenvalue weighted by Crippen LogP contribution is -2.43. The second-order valence-corrected chi connectivity index (χ2v) is 6.88. The highest BCUT2D eigenvalue weighted by Crippen LogP contribution is 2.52. The number of fused-ring (bicyclic) bond motifs is 5. The summed E-state index contributed by atoms with van der Waals surface area (Å²) >= 11 is 0. The van der Waals surface area contributed by atoms with Crippen molar-refractivity contribution in [1.82, 2.24) is 15.5 Å². The van der Waals surface area contributed by atoms with E-state index < -0.39 is 12.6 Å². The third-order valence-electron chi connectivity index (χ3n) is 5.20. The Morgan fingerprint density at radius 3 is 2.30 bits per heavy atom. The smallest absolute Gasteiger partial charge is 0.357 e. The molecule has 3 aliphatic rings. The van der Waals surface area contributed by atoms with E-state index in [1.807, 2.05) is 12.2 Å². The van der Waals surface area contributed by atoms with Gasteiger partial charge < -0.3 is 10.6 Å². The molecule has 2 aliphatic carbocycles. The number of hydrogen-bond acceptors (Lipinski definition) is 3. The summed E-state index contributed by atoms with van der Waals surface area (Å²) in [6.07, 6.45) is -0.285. The number of alkyl halides is 3. The van der Waals surface area contributed by atoms with E-state index in [1.165, 1.54) is 4.90 Å². The molecule has 1 saturated carbocycles. The maximum Gasteiger partial charge on any atom is 0.390 e. The highest BCUT2D eigenvalue weighted by Gasteiger charge is 2.58. The van der Waals surface area contributed by atoms with Crippen LogP contribution in [-0.4, -0.2) is 55.0 Å². The number of hydrogen-bond donors (Lipinski definition) is 2. The van der Waals surface area contributed by atoms with E-state index in [0.29, 0.717) is 6.54 Å². The zero-order valence-electron chi connectivity index (χ0n) is 15.0. The predicted octanol–water partition coefficient (Wildman–Crippen LogP) is 1.92. The third kappa shape index (κ3) is 4.75. The minimum Gasteiger partial charge on any atom is -0.357 e. The van der Waals surface area contributed by atoms with Crippen LogP contribution in [0.1, 0.15) is 19.8 Å². The summed E-state index contributed by atoms with van der Waals surface area (Å²) in [6, 6.07) is 0. The second-order valence-electron chi connectivity index (χ2n) is 6.88. The van der Waals surface area contributed by atoms with Gasteiger partial charge in [-0.15, -0.1) is 24.0 Å². The van der Waals surface area contributed by atoms with Gasteiger partial charge in [0.1, 0.15) is 0 Å². The van der Waals surface area contributed by atoms with E-state index in [1.54, 1.807) is 6.92 Å². The molecule has 0 aromatic carbocycles. The predicted molar refractivity (Wildman–Crippen MR) is 105 cm³/mol. The average Bonchev–Trinajstić information content (AvgIpc) is 3.23. The summed E-state index contributed by atoms with van der Waals surface area (Å²) in [7, 11) is 0. The Labute approximate surface area is 173 Å². The molecule has 6 nitrogen and oxygen atoms in total. The molecule has 27 heavy (non-hydrogen) atoms. The van der Waals surface area contributed by atoms with Gasteiger partial charge in [0.25, 0.3) is 0 Å². The molecule has 0 spiro atoms. The number of imide groups is 1. The van der Waals surface area contributed by atoms with Crippen molar-refractivity contribution in [1.29, 1.82) is 0 Å². The Balaban J connectivity index is 0.00000261. The molecular formula is C17H24F3IN4O2. The molecule has 10 heteroatoms. The van der Waals surface area contributed by atoms with Gasteiger partial charge >= 0.3 is 6.18 Å². The first-order chi connectivity index (χ1) is 12.3. The van der Waals surface area contributed by atoms with Crippen molar-refractivity contribution in [2.75, 3.05) is 26.2 Å². The van der Waals surface area contributed by atoms with Gasteiger partial charge in [0.15, 0.2) is 5.96 Å². The number of carbonyl (C=O) groups excluding carboxylic acids is 2. The topological polar surface area (TPSA) is 73.8 Å². The van der Waals surface area contributed by atoms with E-state index in [-0.39, 0.29) is 85.1 Å². The summed E-state index contributed by atoms with van der Waals surface area (Å²) in [5.41, 5.74) is 0. The van der Waals surface area contributed by atoms with E-state index in [0.717, 1.165) is 6.42 Å². The number of rotatable bonds is 6. The zero-order valence-corrected chi connectivity index (χ0v) is 17.3. The monoisotopic (exact) mass is 500 g/mol. The van der Waals surface area contributed by atoms with Crippen LogP contribution in [-0.2, 0) is 9.59 Å². The van der Waals surface area contributed by atoms with Gasteiger partial charge in [0, 0.05) is 19.6 Å². The van der Waals surface area contributed by atoms with Crippen LogP contribution >= 0.6 is 24.0 Å². The van der Waals surface area contributed by atoms with Gasteiger partial charge in [0.2, 0.25) is 11.8 Å². The lowest BCUT2D eigenvalue weighted by Gasteiger charge is -2.18. The van der Waals surface area contributed by atoms with Crippen LogP contribution in [0.15, 0.2) is 17.1 Å². The van der Waals surface area contributed by atoms with Crippen LogP contribution in [0, 0.1) is 23.7 Å². The molecule has 4 unspecified atom stereocenters. The van der Waals surface area contributed by atoms with Crippen LogP contribution < -0.4 is 10.6 Å². The van der Waals surface area contributed by atoms with E-state index in [2.05, 4.69) is 15.6 Å². The number of aliphatic imine (C=N–C) groups is 1. The highest BCUT2D eigenvalue weighted by molar-refractivity contribution is 14.0. The zero-order chi connectivity index (χ0) is 18.9. The molecule has 2 amide bonds. The summed E-state index contributed by atoms with van der Waals surface area (Å²) in [6.45, 7) is 2.36. The first-order valence-corrected chi connectivity index (χ1v) is 8.94. The Morgan fingerprint density at radius 2 is 1.78 bits per heavy atom. The van der Waals surface area contributed by atoms with E-state index >= 15 is 0 Å². The van der Waals surface area contributed by atoms with Crippen LogP contribution in [0.3, 0.4) is 0 Å². The minimum atomic E-state index is -4.25. The van der Waals surface area contributed by atoms with Crippen LogP contribution in [0.25, 0.3) is 0 Å². The fraction of sp³-hybridized carbons (Fsp3) is 0.706. The third-order valence-corrected chi connectivity index (χ3v) is 5.20. The Hall–Kier alpha value is -1.33. The molecule has 1 aliphatic heterocycles. The van der Waals surface area contributed by atoms with Crippen LogP contribution in [0.5, 0.6) is 0 Å². The molecule has 2 bridgehead atoms. The number of likely N-dealkylation sites (tertiary alicyclic amines) is 1. The maximum atomic E-state index is 12.5. The van der Waals surface area contributed by atoms with Gasteiger partial charge in [0.05, 0.1) is 24.8 Å². The largest absolute Gasteiger partial charge is 0.390 e. The molecule has 1 saturated heterocycles. The fourth-order valence-corrected chi connectivity index (χ4v) is 4.11. The highest BCUT2D eigenvalue weighted by atomic mass is 127. The van der Waals surface area contributed by atoms with Crippen molar-refractivity contribution in [2.24, 2.45) is 28.7 Å². The van der Waals surface area contributed by atoms with Gasteiger partial charge in [-0.2, -0.15) is 13.2 Å². The molecule has 2 fully saturated rings. The van der Waals surface area contributed by atoms with E-state index in [4.69, 9.17) is 0 Å². The van der Waals surface area contributed by atoms with Crippen molar-refractivity contribution in [2.45, 2.75) is 25.9 Å². The van der Waals surface area contributed by atoms with Crippen molar-refractivity contribution < 1.29 is 22.8 Å². The summed E-state index contributed by atoms with van der Waals surface area (Å²) in [4.78, 5) is 30.2. The van der Waals surface area contributed by atoms with Gasteiger partial charge in [-0.1, -0.05) is 12.2 Å². The molecule has 4 atom stereocenters. The lowest BCUT2D eigenvalue weighted by atomic mass is 9.85. The SMILES string of the molecule is CCNC(=NCCC(F)(F)F)NCCN1C(=O)C2C3C=CC(C3)C2C1=O.I. The van der Waals surface area contributed by atoms with Crippen molar-refractivity contribution in [3.8, 4) is 0 Å². The molecule has 1 heterocycles. The molecule has 152 valence electrons. The number of amides is 2. The summed E-state index contributed by atoms with van der Waals surface area (Å²) in [5.74, 6) is -0.133. The molecule has 0 radical (unpaired) electrons. The van der Waals surface area contributed by atoms with Crippen molar-refractivity contribution in [3.05, 3.63) is 12.2 Å². The van der Waals surface area contributed by atoms with Gasteiger partial charge in [-0.3, -0.25) is 19.5 Å². The Bertz CT molecular complexity index is 608. The molecule has 2 N–H and O–H groups in total. The first kappa shape index (κ1) is 22.0. The average molecular weight is 500 g/mol. The number of nitrogens with zero attached hydrogens (tertiary/aromatic N) is 2. The quantitative estimate of drug-likeness (QED) is 0.192. The molecule has 0 aromatic heterocycles. The lowest BCUT2D eigenvalue weighted by molar-refractivity contribution is -0.140. The number of carbonyl (C=O) groups is 2. The second kappa shape index (κ2) is 8.78. The number of halogens is 4. The van der Waals surface area contributed by atoms with Crippen molar-refractivity contribution >= 4 is 41.8 Å². The van der Waals surface area contributed by atoms with Crippen LogP contribution in [0.4, 0.5) is 13.2 Å². The van der Waals surface area contributed by atoms with Crippen molar-refractivity contribution in [3.63, 3.8) is 0 Å². The fourth-order valence-electron chi connectivity index (χ4n) is 4.11. The van der Waals surface area contributed by atoms with E-state index in [9.17, 15) is 22.8 Å². The standard InChI is InChI=1S/C17H23F3N4O2.HI/c1-2-21-16(22-6-5-17(18,19)20)23-7-8-24-14(25)12-10-3-4-11(9-10)13(12)15(24)26;/h3-4,10-13H,2,5-9H2,1H3,(H2,21,22,23);1H. The van der Waals surface area contributed by atoms with Crippen LogP contribution in [0.2, 0.25) is 0 Å². The Morgan fingerprint density at radius 1 is 1.19 bits per heavy atom. The first-order valence-electron chi connectivity index (χ1n) is 8.94. The number of allylic oxidation sites excluding steroid dienone is 2. The van der Waals surface area contributed by atoms with Gasteiger partial charge in [-0.25, -0.2) is 0 Å². The normalized spacial score (nSPS) is 29.2. The summed E-state index contributed by atoms with van der Waals surface area (Å²) < 4.78 is 36.7. The molecular weight excluding hydrogens is 476 g/mol. The molecule has 0 aromatic rings. The minimum absolute atomic E-state index is 0. The maximum absolute atomic E-state index is 12.5. The molecule has 3 rings (SSSR count).